The molecule has 0 aromatic rings. The minimum atomic E-state index is -1.11. The molecule has 6 nitrogen and oxygen atoms in total. The summed E-state index contributed by atoms with van der Waals surface area (Å²) in [7, 11) is 0. The lowest BCUT2D eigenvalue weighted by molar-refractivity contribution is -0.143. The third-order valence-corrected chi connectivity index (χ3v) is 1.44. The molecule has 0 unspecified atom stereocenters. The van der Waals surface area contributed by atoms with E-state index in [1.54, 1.807) is 0 Å². The van der Waals surface area contributed by atoms with Gasteiger partial charge in [0.05, 0.1) is 13.0 Å². The highest BCUT2D eigenvalue weighted by atomic mass is 16.5. The van der Waals surface area contributed by atoms with E-state index in [4.69, 9.17) is 10.8 Å². The summed E-state index contributed by atoms with van der Waals surface area (Å²) < 4.78 is 4.61. The second kappa shape index (κ2) is 7.69. The summed E-state index contributed by atoms with van der Waals surface area (Å²) >= 11 is 0. The maximum absolute atomic E-state index is 10.9. The number of carbonyl (C=O) groups is 3. The van der Waals surface area contributed by atoms with Crippen LogP contribution in [0.4, 0.5) is 0 Å². The first-order valence-electron chi connectivity index (χ1n) is 4.33. The monoisotopic (exact) mass is 215 g/mol. The van der Waals surface area contributed by atoms with Crippen molar-refractivity contribution in [3.63, 3.8) is 0 Å². The molecule has 0 bridgehead atoms. The predicted molar refractivity (Wildman–Crippen MR) is 51.0 cm³/mol. The van der Waals surface area contributed by atoms with Gasteiger partial charge in [-0.2, -0.15) is 0 Å². The van der Waals surface area contributed by atoms with Crippen LogP contribution in [0.25, 0.3) is 0 Å². The standard InChI is InChI=1S/C9H13NO5/c10-6-7(11)3-4-9(14)15-5-1-2-8(12)13/h1-2H,3-6,10H2,(H,12,13). The van der Waals surface area contributed by atoms with Crippen molar-refractivity contribution < 1.29 is 24.2 Å². The molecule has 0 aliphatic rings. The van der Waals surface area contributed by atoms with Crippen LogP contribution in [0.2, 0.25) is 0 Å². The van der Waals surface area contributed by atoms with E-state index in [2.05, 4.69) is 4.74 Å². The van der Waals surface area contributed by atoms with Crippen LogP contribution in [0.3, 0.4) is 0 Å². The van der Waals surface area contributed by atoms with Crippen molar-refractivity contribution in [2.75, 3.05) is 13.2 Å². The molecule has 0 fully saturated rings. The summed E-state index contributed by atoms with van der Waals surface area (Å²) in [5, 5.41) is 8.20. The summed E-state index contributed by atoms with van der Waals surface area (Å²) in [5.41, 5.74) is 5.04. The number of nitrogens with two attached hydrogens (primary N) is 1. The Morgan fingerprint density at radius 1 is 1.27 bits per heavy atom. The van der Waals surface area contributed by atoms with Gasteiger partial charge < -0.3 is 15.6 Å². The van der Waals surface area contributed by atoms with E-state index in [9.17, 15) is 14.4 Å². The van der Waals surface area contributed by atoms with Crippen LogP contribution < -0.4 is 5.73 Å². The minimum Gasteiger partial charge on any atom is -0.478 e. The molecule has 0 saturated carbocycles. The molecule has 0 heterocycles. The number of esters is 1. The molecular weight excluding hydrogens is 202 g/mol. The average Bonchev–Trinajstić information content (AvgIpc) is 2.20. The lowest BCUT2D eigenvalue weighted by atomic mass is 10.2. The van der Waals surface area contributed by atoms with Crippen molar-refractivity contribution in [3.8, 4) is 0 Å². The van der Waals surface area contributed by atoms with Crippen molar-refractivity contribution in [2.45, 2.75) is 12.8 Å². The second-order valence-corrected chi connectivity index (χ2v) is 2.67. The fourth-order valence-electron chi connectivity index (χ4n) is 0.706. The Bertz CT molecular complexity index is 272. The zero-order valence-corrected chi connectivity index (χ0v) is 8.14. The van der Waals surface area contributed by atoms with E-state index < -0.39 is 11.9 Å². The van der Waals surface area contributed by atoms with Crippen molar-refractivity contribution in [2.24, 2.45) is 5.73 Å². The van der Waals surface area contributed by atoms with Crippen molar-refractivity contribution in [1.29, 1.82) is 0 Å². The van der Waals surface area contributed by atoms with Gasteiger partial charge in [-0.3, -0.25) is 9.59 Å². The van der Waals surface area contributed by atoms with Crippen molar-refractivity contribution >= 4 is 17.7 Å². The molecule has 0 amide bonds. The first-order chi connectivity index (χ1) is 7.06. The fourth-order valence-corrected chi connectivity index (χ4v) is 0.706. The van der Waals surface area contributed by atoms with E-state index in [0.29, 0.717) is 0 Å². The SMILES string of the molecule is NCC(=O)CCC(=O)OCC=CC(=O)O. The Morgan fingerprint density at radius 3 is 2.47 bits per heavy atom. The maximum atomic E-state index is 10.9. The van der Waals surface area contributed by atoms with Crippen molar-refractivity contribution in [3.05, 3.63) is 12.2 Å². The van der Waals surface area contributed by atoms with Gasteiger partial charge in [-0.15, -0.1) is 0 Å². The maximum Gasteiger partial charge on any atom is 0.328 e. The molecule has 84 valence electrons. The minimum absolute atomic E-state index is 0.0308. The number of hydrogen-bond acceptors (Lipinski definition) is 5. The smallest absolute Gasteiger partial charge is 0.328 e. The van der Waals surface area contributed by atoms with Crippen LogP contribution in [0.5, 0.6) is 0 Å². The number of hydrogen-bond donors (Lipinski definition) is 2. The second-order valence-electron chi connectivity index (χ2n) is 2.67. The van der Waals surface area contributed by atoms with E-state index in [0.717, 1.165) is 6.08 Å². The van der Waals surface area contributed by atoms with Gasteiger partial charge in [0.25, 0.3) is 0 Å². The molecule has 0 rings (SSSR count). The lowest BCUT2D eigenvalue weighted by Gasteiger charge is -2.00. The third kappa shape index (κ3) is 8.63. The third-order valence-electron chi connectivity index (χ3n) is 1.44. The Balaban J connectivity index is 3.58. The van der Waals surface area contributed by atoms with E-state index in [1.807, 2.05) is 0 Å². The predicted octanol–water partition coefficient (Wildman–Crippen LogP) is -0.522. The Morgan fingerprint density at radius 2 is 1.93 bits per heavy atom. The van der Waals surface area contributed by atoms with Gasteiger partial charge >= 0.3 is 11.9 Å². The summed E-state index contributed by atoms with van der Waals surface area (Å²) in [6.07, 6.45) is 2.10. The molecule has 0 spiro atoms. The van der Waals surface area contributed by atoms with Crippen LogP contribution >= 0.6 is 0 Å². The highest BCUT2D eigenvalue weighted by Crippen LogP contribution is 1.93. The van der Waals surface area contributed by atoms with Crippen LogP contribution in [0.15, 0.2) is 12.2 Å². The Labute approximate surface area is 86.7 Å². The number of Topliss-reactive ketones (excluding diaryl/α,β-unsaturated/α-hetero) is 1. The molecule has 0 aliphatic heterocycles. The van der Waals surface area contributed by atoms with Gasteiger partial charge in [0.1, 0.15) is 12.4 Å². The highest BCUT2D eigenvalue weighted by molar-refractivity contribution is 5.84. The van der Waals surface area contributed by atoms with Gasteiger partial charge in [-0.25, -0.2) is 4.79 Å². The highest BCUT2D eigenvalue weighted by Gasteiger charge is 2.05. The number of rotatable bonds is 7. The zero-order chi connectivity index (χ0) is 11.7. The zero-order valence-electron chi connectivity index (χ0n) is 8.14. The van der Waals surface area contributed by atoms with E-state index >= 15 is 0 Å². The van der Waals surface area contributed by atoms with Crippen molar-refractivity contribution in [1.82, 2.24) is 0 Å². The molecule has 3 N–H and O–H groups in total. The Kier molecular flexibility index (Phi) is 6.82. The number of carboxylic acid groups (broad SMARTS) is 1. The largest absolute Gasteiger partial charge is 0.478 e. The van der Waals surface area contributed by atoms with Gasteiger partial charge in [-0.05, 0) is 6.08 Å². The molecule has 6 heteroatoms. The normalized spacial score (nSPS) is 10.2. The molecular formula is C9H13NO5. The molecule has 0 saturated heterocycles. The number of ether oxygens (including phenoxy) is 1. The van der Waals surface area contributed by atoms with Gasteiger partial charge in [0, 0.05) is 12.5 Å². The topological polar surface area (TPSA) is 107 Å². The number of aliphatic carboxylic acids is 1. The van der Waals surface area contributed by atoms with Crippen LogP contribution in [-0.2, 0) is 19.1 Å². The van der Waals surface area contributed by atoms with E-state index in [1.165, 1.54) is 6.08 Å². The number of ketones is 1. The summed E-state index contributed by atoms with van der Waals surface area (Å²) in [6.45, 7) is -0.200. The van der Waals surface area contributed by atoms with Gasteiger partial charge in [0.2, 0.25) is 0 Å². The van der Waals surface area contributed by atoms with Crippen LogP contribution in [0.1, 0.15) is 12.8 Å². The molecule has 15 heavy (non-hydrogen) atoms. The summed E-state index contributed by atoms with van der Waals surface area (Å²) in [6, 6.07) is 0. The van der Waals surface area contributed by atoms with Crippen LogP contribution in [-0.4, -0.2) is 36.0 Å². The summed E-state index contributed by atoms with van der Waals surface area (Å²) in [4.78, 5) is 31.6. The van der Waals surface area contributed by atoms with Crippen LogP contribution in [0, 0.1) is 0 Å². The Hall–Kier alpha value is -1.69. The van der Waals surface area contributed by atoms with Gasteiger partial charge in [-0.1, -0.05) is 0 Å². The quantitative estimate of drug-likeness (QED) is 0.437. The molecule has 0 aliphatic carbocycles. The first kappa shape index (κ1) is 13.3. The molecule has 0 atom stereocenters. The molecule has 0 radical (unpaired) electrons. The molecule has 0 aromatic heterocycles. The average molecular weight is 215 g/mol. The molecule has 0 aromatic carbocycles. The first-order valence-corrected chi connectivity index (χ1v) is 4.33. The summed E-state index contributed by atoms with van der Waals surface area (Å²) in [5.74, 6) is -1.87. The number of carbonyl (C=O) groups excluding carboxylic acids is 2. The lowest BCUT2D eigenvalue weighted by Crippen LogP contribution is -2.15. The van der Waals surface area contributed by atoms with Gasteiger partial charge in [0.15, 0.2) is 0 Å². The fraction of sp³-hybridized carbons (Fsp3) is 0.444. The van der Waals surface area contributed by atoms with E-state index in [-0.39, 0.29) is 31.8 Å². The number of carboxylic acids is 1.